The summed E-state index contributed by atoms with van der Waals surface area (Å²) in [6, 6.07) is -2.82. The molecule has 1 fully saturated rings. The summed E-state index contributed by atoms with van der Waals surface area (Å²) in [5.74, 6) is -2.21. The van der Waals surface area contributed by atoms with E-state index in [1.54, 1.807) is 49.1 Å². The third kappa shape index (κ3) is 15.7. The molecule has 1 aliphatic heterocycles. The van der Waals surface area contributed by atoms with Gasteiger partial charge in [0.2, 0.25) is 29.5 Å². The van der Waals surface area contributed by atoms with Crippen LogP contribution in [0.2, 0.25) is 0 Å². The minimum absolute atomic E-state index is 0.000881. The summed E-state index contributed by atoms with van der Waals surface area (Å²) >= 11 is 0. The van der Waals surface area contributed by atoms with E-state index in [4.69, 9.17) is 9.47 Å². The van der Waals surface area contributed by atoms with Gasteiger partial charge in [-0.2, -0.15) is 0 Å². The van der Waals surface area contributed by atoms with Crippen molar-refractivity contribution in [2.45, 2.75) is 143 Å². The first kappa shape index (κ1) is 54.4. The Labute approximate surface area is 363 Å². The maximum Gasteiger partial charge on any atom is 0.245 e. The normalized spacial score (nSPS) is 18.8. The van der Waals surface area contributed by atoms with Crippen LogP contribution in [0.3, 0.4) is 0 Å². The lowest BCUT2D eigenvalue weighted by Gasteiger charge is -2.41. The first-order valence-corrected chi connectivity index (χ1v) is 21.9. The molecule has 1 rings (SSSR count). The Morgan fingerprint density at radius 1 is 0.850 bits per heavy atom. The Morgan fingerprint density at radius 2 is 1.48 bits per heavy atom. The number of amides is 5. The topological polar surface area (TPSA) is 153 Å². The zero-order chi connectivity index (χ0) is 46.0. The molecular weight excluding hydrogens is 763 g/mol. The highest BCUT2D eigenvalue weighted by Gasteiger charge is 2.43. The maximum atomic E-state index is 14.4. The Morgan fingerprint density at radius 3 is 1.97 bits per heavy atom. The number of likely N-dealkylation sites (N-methyl/N-ethyl adjacent to an activating group) is 3. The molecular formula is C46H83N7O7. The van der Waals surface area contributed by atoms with Gasteiger partial charge in [0.05, 0.1) is 42.7 Å². The fourth-order valence-corrected chi connectivity index (χ4v) is 8.20. The lowest BCUT2D eigenvalue weighted by molar-refractivity contribution is -0.148. The average molecular weight is 846 g/mol. The smallest absolute Gasteiger partial charge is 0.245 e. The Kier molecular flexibility index (Phi) is 24.2. The van der Waals surface area contributed by atoms with E-state index in [1.807, 2.05) is 86.3 Å². The lowest BCUT2D eigenvalue weighted by atomic mass is 9.89. The number of hydrogen-bond donors (Lipinski definition) is 3. The van der Waals surface area contributed by atoms with Gasteiger partial charge in [-0.05, 0) is 71.2 Å². The second kappa shape index (κ2) is 26.7. The Balaban J connectivity index is 3.36. The van der Waals surface area contributed by atoms with E-state index in [0.29, 0.717) is 26.1 Å². The summed E-state index contributed by atoms with van der Waals surface area (Å²) in [5.41, 5.74) is 0.746. The minimum atomic E-state index is -0.869. The first-order chi connectivity index (χ1) is 28.1. The maximum absolute atomic E-state index is 14.4. The van der Waals surface area contributed by atoms with Crippen molar-refractivity contribution in [3.05, 3.63) is 37.0 Å². The molecule has 3 N–H and O–H groups in total. The van der Waals surface area contributed by atoms with E-state index >= 15 is 0 Å². The number of likely N-dealkylation sites (tertiary alicyclic amines) is 1. The number of hydrogen-bond acceptors (Lipinski definition) is 9. The van der Waals surface area contributed by atoms with Crippen LogP contribution >= 0.6 is 0 Å². The fraction of sp³-hybridized carbons (Fsp3) is 0.761. The van der Waals surface area contributed by atoms with Crippen LogP contribution in [-0.2, 0) is 33.4 Å². The molecule has 0 aromatic carbocycles. The molecule has 0 spiro atoms. The van der Waals surface area contributed by atoms with E-state index in [0.717, 1.165) is 18.4 Å². The molecule has 1 saturated heterocycles. The van der Waals surface area contributed by atoms with Gasteiger partial charge in [0.15, 0.2) is 0 Å². The average Bonchev–Trinajstić information content (AvgIpc) is 3.67. The van der Waals surface area contributed by atoms with Crippen LogP contribution in [-0.4, -0.2) is 160 Å². The molecule has 60 heavy (non-hydrogen) atoms. The highest BCUT2D eigenvalue weighted by Crippen LogP contribution is 2.30. The molecule has 0 aliphatic carbocycles. The van der Waals surface area contributed by atoms with Crippen molar-refractivity contribution in [1.29, 1.82) is 0 Å². The van der Waals surface area contributed by atoms with Gasteiger partial charge >= 0.3 is 0 Å². The van der Waals surface area contributed by atoms with Crippen LogP contribution in [0.5, 0.6) is 0 Å². The first-order valence-electron chi connectivity index (χ1n) is 21.9. The van der Waals surface area contributed by atoms with E-state index in [2.05, 4.69) is 29.1 Å². The molecule has 344 valence electrons. The summed E-state index contributed by atoms with van der Waals surface area (Å²) in [7, 11) is 10.6. The summed E-state index contributed by atoms with van der Waals surface area (Å²) in [6.07, 6.45) is 5.99. The van der Waals surface area contributed by atoms with Crippen LogP contribution in [0.25, 0.3) is 0 Å². The zero-order valence-electron chi connectivity index (χ0n) is 39.9. The molecule has 0 radical (unpaired) electrons. The number of nitrogens with one attached hydrogen (secondary N) is 3. The SMILES string of the molecule is C=C/C=C(\C=C)CC(NC(=O)C(C)C(OC)C1CCCN1C(=O)CC(OC)C(C(C)CC)N(C)C(=O)[C@@H](NC(=O)C(C(C)C)N(C)C(C)C)C(C)C)C(=O)NCCN(C)C. The van der Waals surface area contributed by atoms with Crippen molar-refractivity contribution in [2.75, 3.05) is 62.0 Å². The van der Waals surface area contributed by atoms with E-state index in [9.17, 15) is 24.0 Å². The predicted molar refractivity (Wildman–Crippen MR) is 241 cm³/mol. The highest BCUT2D eigenvalue weighted by atomic mass is 16.5. The number of methoxy groups -OCH3 is 2. The van der Waals surface area contributed by atoms with Crippen molar-refractivity contribution in [3.63, 3.8) is 0 Å². The number of carbonyl (C=O) groups excluding carboxylic acids is 5. The van der Waals surface area contributed by atoms with Gasteiger partial charge in [-0.25, -0.2) is 0 Å². The van der Waals surface area contributed by atoms with Crippen LogP contribution in [0.1, 0.15) is 94.4 Å². The molecule has 8 unspecified atom stereocenters. The van der Waals surface area contributed by atoms with Crippen molar-refractivity contribution in [1.82, 2.24) is 35.6 Å². The monoisotopic (exact) mass is 846 g/mol. The van der Waals surface area contributed by atoms with Gasteiger partial charge in [-0.3, -0.25) is 28.9 Å². The molecule has 1 aliphatic rings. The molecule has 0 aromatic heterocycles. The highest BCUT2D eigenvalue weighted by molar-refractivity contribution is 5.91. The summed E-state index contributed by atoms with van der Waals surface area (Å²) in [4.78, 5) is 77.3. The number of ether oxygens (including phenoxy) is 2. The Bertz CT molecular complexity index is 1430. The van der Waals surface area contributed by atoms with Gasteiger partial charge < -0.3 is 40.1 Å². The number of allylic oxidation sites excluding steroid dienone is 3. The van der Waals surface area contributed by atoms with Crippen LogP contribution in [0.15, 0.2) is 37.0 Å². The number of nitrogens with zero attached hydrogens (tertiary/aromatic N) is 4. The molecule has 14 heteroatoms. The fourth-order valence-electron chi connectivity index (χ4n) is 8.20. The van der Waals surface area contributed by atoms with E-state index < -0.39 is 48.3 Å². The molecule has 14 nitrogen and oxygen atoms in total. The quantitative estimate of drug-likeness (QED) is 0.103. The zero-order valence-corrected chi connectivity index (χ0v) is 39.9. The van der Waals surface area contributed by atoms with Gasteiger partial charge in [-0.1, -0.05) is 86.3 Å². The van der Waals surface area contributed by atoms with Gasteiger partial charge in [0.1, 0.15) is 12.1 Å². The number of rotatable bonds is 27. The van der Waals surface area contributed by atoms with Crippen LogP contribution in [0.4, 0.5) is 0 Å². The third-order valence-corrected chi connectivity index (χ3v) is 12.2. The van der Waals surface area contributed by atoms with Crippen LogP contribution in [0, 0.1) is 23.7 Å². The van der Waals surface area contributed by atoms with Crippen molar-refractivity contribution >= 4 is 29.5 Å². The molecule has 0 aromatic rings. The minimum Gasteiger partial charge on any atom is -0.379 e. The largest absolute Gasteiger partial charge is 0.379 e. The van der Waals surface area contributed by atoms with Crippen molar-refractivity contribution in [3.8, 4) is 0 Å². The van der Waals surface area contributed by atoms with Crippen molar-refractivity contribution in [2.24, 2.45) is 23.7 Å². The Hall–Kier alpha value is -3.59. The summed E-state index contributed by atoms with van der Waals surface area (Å²) < 4.78 is 12.1. The second-order valence-corrected chi connectivity index (χ2v) is 17.8. The molecule has 9 atom stereocenters. The van der Waals surface area contributed by atoms with Crippen LogP contribution < -0.4 is 16.0 Å². The van der Waals surface area contributed by atoms with E-state index in [1.165, 1.54) is 7.11 Å². The van der Waals surface area contributed by atoms with E-state index in [-0.39, 0.29) is 66.2 Å². The van der Waals surface area contributed by atoms with Gasteiger partial charge in [0.25, 0.3) is 0 Å². The predicted octanol–water partition coefficient (Wildman–Crippen LogP) is 4.26. The van der Waals surface area contributed by atoms with Crippen molar-refractivity contribution < 1.29 is 33.4 Å². The number of carbonyl (C=O) groups is 5. The molecule has 5 amide bonds. The molecule has 0 saturated carbocycles. The third-order valence-electron chi connectivity index (χ3n) is 12.2. The van der Waals surface area contributed by atoms with Gasteiger partial charge in [-0.15, -0.1) is 0 Å². The standard InChI is InChI=1S/C46H83N7O7/c1-18-22-34(20-3)27-35(44(56)47-24-26-50(12)13)48-43(55)33(11)42(60-17)36-23-21-25-53(36)38(54)28-37(59-16)41(32(10)19-2)52(15)46(58)39(29(4)5)49-45(57)40(30(6)7)51(14)31(8)9/h18,20,22,29-33,35-37,39-42H,1,3,19,21,23-28H2,2,4-17H3,(H,47,56)(H,48,55)(H,49,57)/b34-22+/t32?,33?,35?,36?,37?,39-,40?,41?,42?/m0/s1. The summed E-state index contributed by atoms with van der Waals surface area (Å²) in [6.45, 7) is 26.9. The summed E-state index contributed by atoms with van der Waals surface area (Å²) in [5, 5.41) is 8.97. The molecule has 1 heterocycles. The lowest BCUT2D eigenvalue weighted by Crippen LogP contribution is -2.60. The molecule has 0 bridgehead atoms. The van der Waals surface area contributed by atoms with Gasteiger partial charge in [0, 0.05) is 53.4 Å². The second-order valence-electron chi connectivity index (χ2n) is 17.8.